The average Bonchev–Trinajstić information content (AvgIpc) is 3.35. The van der Waals surface area contributed by atoms with Crippen molar-refractivity contribution in [3.8, 4) is 6.07 Å². The van der Waals surface area contributed by atoms with Crippen LogP contribution in [0.4, 0.5) is 5.69 Å². The van der Waals surface area contributed by atoms with Gasteiger partial charge in [0.05, 0.1) is 18.2 Å². The van der Waals surface area contributed by atoms with E-state index in [4.69, 9.17) is 5.26 Å². The van der Waals surface area contributed by atoms with Gasteiger partial charge in [-0.15, -0.1) is 0 Å². The van der Waals surface area contributed by atoms with Crippen molar-refractivity contribution in [1.29, 1.82) is 5.26 Å². The molecule has 1 saturated carbocycles. The first kappa shape index (κ1) is 14.0. The summed E-state index contributed by atoms with van der Waals surface area (Å²) in [7, 11) is 0. The Labute approximate surface area is 126 Å². The average molecular weight is 294 g/mol. The van der Waals surface area contributed by atoms with Gasteiger partial charge in [-0.3, -0.25) is 9.59 Å². The maximum atomic E-state index is 12.2. The van der Waals surface area contributed by atoms with Gasteiger partial charge < -0.3 is 5.32 Å². The third-order valence-corrected chi connectivity index (χ3v) is 3.56. The molecule has 110 valence electrons. The Bertz CT molecular complexity index is 798. The van der Waals surface area contributed by atoms with Crippen LogP contribution in [0, 0.1) is 11.3 Å². The lowest BCUT2D eigenvalue weighted by molar-refractivity contribution is 0.102. The van der Waals surface area contributed by atoms with Crippen LogP contribution in [0.3, 0.4) is 0 Å². The summed E-state index contributed by atoms with van der Waals surface area (Å²) in [4.78, 5) is 24.0. The summed E-state index contributed by atoms with van der Waals surface area (Å²) < 4.78 is 0. The van der Waals surface area contributed by atoms with Gasteiger partial charge in [-0.05, 0) is 36.6 Å². The standard InChI is InChI=1S/C16H14N4O2/c17-8-7-10-1-5-12(6-2-10)18-15(21)13-9-14(11-3-4-11)19-20-16(13)22/h1-2,5-6,9,11H,3-4,7H2,(H,18,21)(H,20,22). The normalized spacial score (nSPS) is 13.4. The maximum absolute atomic E-state index is 12.2. The molecule has 0 aliphatic heterocycles. The number of anilines is 1. The van der Waals surface area contributed by atoms with Crippen LogP contribution in [0.2, 0.25) is 0 Å². The molecule has 2 N–H and O–H groups in total. The zero-order valence-corrected chi connectivity index (χ0v) is 11.8. The van der Waals surface area contributed by atoms with Crippen LogP contribution in [0.5, 0.6) is 0 Å². The van der Waals surface area contributed by atoms with Gasteiger partial charge in [0, 0.05) is 11.6 Å². The number of aromatic nitrogens is 2. The molecule has 6 nitrogen and oxygen atoms in total. The van der Waals surface area contributed by atoms with Crippen LogP contribution in [0.15, 0.2) is 35.1 Å². The summed E-state index contributed by atoms with van der Waals surface area (Å²) in [5.74, 6) is -0.104. The van der Waals surface area contributed by atoms with Crippen molar-refractivity contribution < 1.29 is 4.79 Å². The van der Waals surface area contributed by atoms with Crippen molar-refractivity contribution in [2.75, 3.05) is 5.32 Å². The summed E-state index contributed by atoms with van der Waals surface area (Å²) >= 11 is 0. The zero-order chi connectivity index (χ0) is 15.5. The third kappa shape index (κ3) is 3.04. The predicted molar refractivity (Wildman–Crippen MR) is 80.5 cm³/mol. The number of hydrogen-bond acceptors (Lipinski definition) is 4. The molecule has 1 aromatic heterocycles. The predicted octanol–water partition coefficient (Wildman–Crippen LogP) is 1.97. The monoisotopic (exact) mass is 294 g/mol. The number of benzene rings is 1. The number of nitrogens with one attached hydrogen (secondary N) is 2. The van der Waals surface area contributed by atoms with Crippen molar-refractivity contribution in [1.82, 2.24) is 10.2 Å². The Kier molecular flexibility index (Phi) is 3.71. The van der Waals surface area contributed by atoms with E-state index in [1.54, 1.807) is 30.3 Å². The van der Waals surface area contributed by atoms with Gasteiger partial charge >= 0.3 is 0 Å². The van der Waals surface area contributed by atoms with E-state index in [2.05, 4.69) is 21.6 Å². The number of carbonyl (C=O) groups is 1. The number of hydrogen-bond donors (Lipinski definition) is 2. The van der Waals surface area contributed by atoms with Crippen LogP contribution in [-0.2, 0) is 6.42 Å². The highest BCUT2D eigenvalue weighted by Crippen LogP contribution is 2.38. The van der Waals surface area contributed by atoms with Gasteiger partial charge in [0.25, 0.3) is 11.5 Å². The van der Waals surface area contributed by atoms with E-state index in [-0.39, 0.29) is 5.56 Å². The van der Waals surface area contributed by atoms with Gasteiger partial charge in [0.15, 0.2) is 0 Å². The largest absolute Gasteiger partial charge is 0.322 e. The third-order valence-electron chi connectivity index (χ3n) is 3.56. The Morgan fingerprint density at radius 3 is 2.73 bits per heavy atom. The molecular weight excluding hydrogens is 280 g/mol. The fourth-order valence-corrected chi connectivity index (χ4v) is 2.17. The van der Waals surface area contributed by atoms with Crippen LogP contribution < -0.4 is 10.9 Å². The van der Waals surface area contributed by atoms with Crippen molar-refractivity contribution in [3.63, 3.8) is 0 Å². The zero-order valence-electron chi connectivity index (χ0n) is 11.8. The first-order valence-electron chi connectivity index (χ1n) is 7.04. The summed E-state index contributed by atoms with van der Waals surface area (Å²) in [6.45, 7) is 0. The van der Waals surface area contributed by atoms with E-state index < -0.39 is 11.5 Å². The Hall–Kier alpha value is -2.94. The molecule has 0 bridgehead atoms. The molecule has 3 rings (SSSR count). The smallest absolute Gasteiger partial charge is 0.277 e. The molecule has 0 unspecified atom stereocenters. The summed E-state index contributed by atoms with van der Waals surface area (Å²) in [5, 5.41) is 17.7. The highest BCUT2D eigenvalue weighted by Gasteiger charge is 2.26. The first-order chi connectivity index (χ1) is 10.7. The van der Waals surface area contributed by atoms with Crippen molar-refractivity contribution in [3.05, 3.63) is 57.5 Å². The molecule has 0 atom stereocenters. The summed E-state index contributed by atoms with van der Waals surface area (Å²) in [5.41, 5.74) is 1.78. The lowest BCUT2D eigenvalue weighted by atomic mass is 10.1. The SMILES string of the molecule is N#CCc1ccc(NC(=O)c2cc(C3CC3)n[nH]c2=O)cc1. The number of nitriles is 1. The van der Waals surface area contributed by atoms with E-state index in [1.165, 1.54) is 0 Å². The van der Waals surface area contributed by atoms with Gasteiger partial charge in [-0.1, -0.05) is 12.1 Å². The highest BCUT2D eigenvalue weighted by molar-refractivity contribution is 6.04. The molecule has 1 aliphatic rings. The van der Waals surface area contributed by atoms with Crippen molar-refractivity contribution in [2.24, 2.45) is 0 Å². The number of H-pyrrole nitrogens is 1. The Morgan fingerprint density at radius 1 is 1.36 bits per heavy atom. The van der Waals surface area contributed by atoms with E-state index in [0.717, 1.165) is 24.1 Å². The maximum Gasteiger partial charge on any atom is 0.277 e. The van der Waals surface area contributed by atoms with Gasteiger partial charge in [0.1, 0.15) is 5.56 Å². The summed E-state index contributed by atoms with van der Waals surface area (Å²) in [6, 6.07) is 10.6. The minimum absolute atomic E-state index is 0.0676. The van der Waals surface area contributed by atoms with Gasteiger partial charge in [0.2, 0.25) is 0 Å². The van der Waals surface area contributed by atoms with Crippen LogP contribution >= 0.6 is 0 Å². The molecule has 1 aliphatic carbocycles. The molecule has 0 radical (unpaired) electrons. The molecule has 22 heavy (non-hydrogen) atoms. The number of carbonyl (C=O) groups excluding carboxylic acids is 1. The topological polar surface area (TPSA) is 98.6 Å². The quantitative estimate of drug-likeness (QED) is 0.900. The number of nitrogens with zero attached hydrogens (tertiary/aromatic N) is 2. The lowest BCUT2D eigenvalue weighted by Crippen LogP contribution is -2.24. The molecule has 1 amide bonds. The molecule has 1 heterocycles. The van der Waals surface area contributed by atoms with Crippen molar-refractivity contribution in [2.45, 2.75) is 25.2 Å². The molecule has 1 fully saturated rings. The van der Waals surface area contributed by atoms with Gasteiger partial charge in [-0.25, -0.2) is 5.10 Å². The van der Waals surface area contributed by atoms with E-state index in [0.29, 0.717) is 18.0 Å². The molecule has 0 saturated heterocycles. The molecular formula is C16H14N4O2. The number of rotatable bonds is 4. The second-order valence-corrected chi connectivity index (χ2v) is 5.30. The van der Waals surface area contributed by atoms with Crippen LogP contribution in [-0.4, -0.2) is 16.1 Å². The minimum Gasteiger partial charge on any atom is -0.322 e. The van der Waals surface area contributed by atoms with E-state index in [1.807, 2.05) is 0 Å². The lowest BCUT2D eigenvalue weighted by Gasteiger charge is -2.06. The molecule has 0 spiro atoms. The van der Waals surface area contributed by atoms with Crippen molar-refractivity contribution >= 4 is 11.6 Å². The number of amides is 1. The second kappa shape index (κ2) is 5.82. The minimum atomic E-state index is -0.497. The fourth-order valence-electron chi connectivity index (χ4n) is 2.17. The highest BCUT2D eigenvalue weighted by atomic mass is 16.2. The van der Waals surface area contributed by atoms with Crippen LogP contribution in [0.1, 0.15) is 40.4 Å². The molecule has 6 heteroatoms. The second-order valence-electron chi connectivity index (χ2n) is 5.30. The van der Waals surface area contributed by atoms with Crippen LogP contribution in [0.25, 0.3) is 0 Å². The Morgan fingerprint density at radius 2 is 2.09 bits per heavy atom. The number of aromatic amines is 1. The first-order valence-corrected chi connectivity index (χ1v) is 7.04. The molecule has 1 aromatic carbocycles. The fraction of sp³-hybridized carbons (Fsp3) is 0.250. The van der Waals surface area contributed by atoms with E-state index in [9.17, 15) is 9.59 Å². The van der Waals surface area contributed by atoms with E-state index >= 15 is 0 Å². The molecule has 2 aromatic rings. The summed E-state index contributed by atoms with van der Waals surface area (Å²) in [6.07, 6.45) is 2.41. The van der Waals surface area contributed by atoms with Gasteiger partial charge in [-0.2, -0.15) is 10.4 Å². The Balaban J connectivity index is 1.78.